The summed E-state index contributed by atoms with van der Waals surface area (Å²) in [7, 11) is 0. The molecular weight excluding hydrogens is 621 g/mol. The van der Waals surface area contributed by atoms with Gasteiger partial charge in [0.1, 0.15) is 0 Å². The third-order valence-electron chi connectivity index (χ3n) is 9.47. The molecule has 0 unspecified atom stereocenters. The van der Waals surface area contributed by atoms with Gasteiger partial charge in [0.2, 0.25) is 5.95 Å². The van der Waals surface area contributed by atoms with E-state index in [0.717, 1.165) is 66.6 Å². The summed E-state index contributed by atoms with van der Waals surface area (Å²) in [6.45, 7) is 0. The highest BCUT2D eigenvalue weighted by molar-refractivity contribution is 6.11. The van der Waals surface area contributed by atoms with Crippen LogP contribution in [0.3, 0.4) is 0 Å². The Morgan fingerprint density at radius 1 is 0.373 bits per heavy atom. The lowest BCUT2D eigenvalue weighted by molar-refractivity contribution is 0.996. The first-order valence-corrected chi connectivity index (χ1v) is 17.0. The highest BCUT2D eigenvalue weighted by atomic mass is 15.2. The molecule has 4 nitrogen and oxygen atoms in total. The maximum Gasteiger partial charge on any atom is 0.235 e. The van der Waals surface area contributed by atoms with Gasteiger partial charge in [-0.05, 0) is 81.9 Å². The summed E-state index contributed by atoms with van der Waals surface area (Å²) in [6.07, 6.45) is 0. The van der Waals surface area contributed by atoms with E-state index in [9.17, 15) is 5.26 Å². The molecule has 0 spiro atoms. The average molecular weight is 651 g/mol. The fourth-order valence-electron chi connectivity index (χ4n) is 6.89. The smallest absolute Gasteiger partial charge is 0.235 e. The number of hydrogen-bond acceptors (Lipinski definition) is 3. The molecular formula is C47H30N4. The van der Waals surface area contributed by atoms with E-state index in [0.29, 0.717) is 11.5 Å². The topological polar surface area (TPSA) is 54.5 Å². The SMILES string of the molecule is N#Cc1ccc(-c2cccc(-c3cc(-c4ccccc4)nc(-n4c5ccc(-c6ccccc6)cc5c5cc(-c6ccccc6)ccc54)n3)c2)cc1. The molecule has 51 heavy (non-hydrogen) atoms. The zero-order valence-corrected chi connectivity index (χ0v) is 27.6. The molecule has 0 atom stereocenters. The van der Waals surface area contributed by atoms with Crippen molar-refractivity contribution < 1.29 is 0 Å². The zero-order valence-electron chi connectivity index (χ0n) is 27.6. The second kappa shape index (κ2) is 12.7. The molecule has 4 heteroatoms. The molecule has 2 heterocycles. The van der Waals surface area contributed by atoms with Gasteiger partial charge >= 0.3 is 0 Å². The molecule has 9 rings (SSSR count). The van der Waals surface area contributed by atoms with E-state index >= 15 is 0 Å². The number of nitrogens with zero attached hydrogens (tertiary/aromatic N) is 4. The average Bonchev–Trinajstić information content (AvgIpc) is 3.55. The number of rotatable bonds is 6. The summed E-state index contributed by atoms with van der Waals surface area (Å²) in [5.74, 6) is 0.607. The van der Waals surface area contributed by atoms with Crippen LogP contribution in [0.5, 0.6) is 0 Å². The Bertz CT molecular complexity index is 2630. The Hall–Kier alpha value is -7.09. The highest BCUT2D eigenvalue weighted by Crippen LogP contribution is 2.38. The van der Waals surface area contributed by atoms with E-state index in [-0.39, 0.29) is 0 Å². The minimum absolute atomic E-state index is 0.607. The lowest BCUT2D eigenvalue weighted by atomic mass is 10.00. The molecule has 0 amide bonds. The number of aromatic nitrogens is 3. The Morgan fingerprint density at radius 3 is 1.35 bits per heavy atom. The van der Waals surface area contributed by atoms with E-state index in [1.807, 2.05) is 42.5 Å². The first kappa shape index (κ1) is 30.0. The number of benzene rings is 7. The molecule has 0 aliphatic rings. The van der Waals surface area contributed by atoms with Crippen LogP contribution in [-0.4, -0.2) is 14.5 Å². The van der Waals surface area contributed by atoms with E-state index in [2.05, 4.69) is 150 Å². The van der Waals surface area contributed by atoms with Crippen molar-refractivity contribution in [2.24, 2.45) is 0 Å². The van der Waals surface area contributed by atoms with E-state index < -0.39 is 0 Å². The largest absolute Gasteiger partial charge is 0.278 e. The van der Waals surface area contributed by atoms with E-state index in [4.69, 9.17) is 9.97 Å². The number of hydrogen-bond donors (Lipinski definition) is 0. The lowest BCUT2D eigenvalue weighted by Crippen LogP contribution is -2.04. The molecule has 7 aromatic carbocycles. The van der Waals surface area contributed by atoms with Crippen LogP contribution in [0.1, 0.15) is 5.56 Å². The zero-order chi connectivity index (χ0) is 34.1. The van der Waals surface area contributed by atoms with Gasteiger partial charge in [-0.1, -0.05) is 133 Å². The highest BCUT2D eigenvalue weighted by Gasteiger charge is 2.19. The van der Waals surface area contributed by atoms with Crippen molar-refractivity contribution in [3.05, 3.63) is 188 Å². The predicted octanol–water partition coefficient (Wildman–Crippen LogP) is 11.8. The van der Waals surface area contributed by atoms with Crippen LogP contribution in [-0.2, 0) is 0 Å². The van der Waals surface area contributed by atoms with Gasteiger partial charge in [-0.3, -0.25) is 4.57 Å². The third kappa shape index (κ3) is 5.63. The van der Waals surface area contributed by atoms with Crippen LogP contribution >= 0.6 is 0 Å². The first-order valence-electron chi connectivity index (χ1n) is 17.0. The Labute approximate surface area is 296 Å². The number of fused-ring (bicyclic) bond motifs is 3. The fraction of sp³-hybridized carbons (Fsp3) is 0. The second-order valence-electron chi connectivity index (χ2n) is 12.6. The van der Waals surface area contributed by atoms with Gasteiger partial charge in [0.25, 0.3) is 0 Å². The van der Waals surface area contributed by atoms with Crippen molar-refractivity contribution >= 4 is 21.8 Å². The van der Waals surface area contributed by atoms with Crippen molar-refractivity contribution in [2.45, 2.75) is 0 Å². The normalized spacial score (nSPS) is 11.1. The van der Waals surface area contributed by atoms with Gasteiger partial charge in [0, 0.05) is 21.9 Å². The van der Waals surface area contributed by atoms with Gasteiger partial charge in [-0.15, -0.1) is 0 Å². The van der Waals surface area contributed by atoms with Gasteiger partial charge in [0.05, 0.1) is 34.1 Å². The minimum atomic E-state index is 0.607. The van der Waals surface area contributed by atoms with Crippen molar-refractivity contribution in [1.82, 2.24) is 14.5 Å². The fourth-order valence-corrected chi connectivity index (χ4v) is 6.89. The summed E-state index contributed by atoms with van der Waals surface area (Å²) in [4.78, 5) is 10.6. The molecule has 0 saturated carbocycles. The van der Waals surface area contributed by atoms with Crippen LogP contribution in [0.25, 0.3) is 83.6 Å². The lowest BCUT2D eigenvalue weighted by Gasteiger charge is -2.13. The van der Waals surface area contributed by atoms with Crippen molar-refractivity contribution in [1.29, 1.82) is 5.26 Å². The third-order valence-corrected chi connectivity index (χ3v) is 9.47. The van der Waals surface area contributed by atoms with Crippen LogP contribution in [0.15, 0.2) is 182 Å². The monoisotopic (exact) mass is 650 g/mol. The Kier molecular flexibility index (Phi) is 7.50. The summed E-state index contributed by atoms with van der Waals surface area (Å²) in [5, 5.41) is 11.6. The standard InChI is InChI=1S/C47H30N4/c48-31-32-19-21-35(22-20-32)37-17-10-18-40(27-37)44-30-43(36-15-8-3-9-16-36)49-47(50-44)51-45-25-23-38(33-11-4-1-5-12-33)28-41(45)42-29-39(24-26-46(42)51)34-13-6-2-7-14-34/h1-30H. The van der Waals surface area contributed by atoms with Gasteiger partial charge in [-0.25, -0.2) is 9.97 Å². The van der Waals surface area contributed by atoms with E-state index in [1.165, 1.54) is 11.1 Å². The van der Waals surface area contributed by atoms with Crippen LogP contribution in [0.2, 0.25) is 0 Å². The molecule has 0 saturated heterocycles. The summed E-state index contributed by atoms with van der Waals surface area (Å²) in [5.41, 5.74) is 13.1. The maximum atomic E-state index is 9.31. The molecule has 0 aliphatic carbocycles. The van der Waals surface area contributed by atoms with Crippen LogP contribution in [0.4, 0.5) is 0 Å². The molecule has 9 aromatic rings. The predicted molar refractivity (Wildman–Crippen MR) is 208 cm³/mol. The molecule has 0 N–H and O–H groups in total. The Balaban J connectivity index is 1.28. The van der Waals surface area contributed by atoms with Crippen molar-refractivity contribution in [3.63, 3.8) is 0 Å². The Morgan fingerprint density at radius 2 is 0.804 bits per heavy atom. The van der Waals surface area contributed by atoms with Crippen molar-refractivity contribution in [3.8, 4) is 67.9 Å². The molecule has 0 radical (unpaired) electrons. The van der Waals surface area contributed by atoms with Crippen LogP contribution in [0, 0.1) is 11.3 Å². The van der Waals surface area contributed by atoms with Gasteiger partial charge < -0.3 is 0 Å². The number of nitriles is 1. The van der Waals surface area contributed by atoms with Crippen LogP contribution < -0.4 is 0 Å². The van der Waals surface area contributed by atoms with E-state index in [1.54, 1.807) is 0 Å². The minimum Gasteiger partial charge on any atom is -0.278 e. The van der Waals surface area contributed by atoms with Gasteiger partial charge in [-0.2, -0.15) is 5.26 Å². The molecule has 238 valence electrons. The molecule has 2 aromatic heterocycles. The molecule has 0 bridgehead atoms. The molecule has 0 fully saturated rings. The maximum absolute atomic E-state index is 9.31. The second-order valence-corrected chi connectivity index (χ2v) is 12.6. The summed E-state index contributed by atoms with van der Waals surface area (Å²) < 4.78 is 2.20. The quantitative estimate of drug-likeness (QED) is 0.180. The summed E-state index contributed by atoms with van der Waals surface area (Å²) >= 11 is 0. The first-order chi connectivity index (χ1) is 25.2. The molecule has 0 aliphatic heterocycles. The summed E-state index contributed by atoms with van der Waals surface area (Å²) in [6, 6.07) is 65.1. The van der Waals surface area contributed by atoms with Gasteiger partial charge in [0.15, 0.2) is 0 Å². The van der Waals surface area contributed by atoms with Crippen molar-refractivity contribution in [2.75, 3.05) is 0 Å².